The Hall–Kier alpha value is -0.720. The van der Waals surface area contributed by atoms with Gasteiger partial charge in [-0.2, -0.15) is 0 Å². The average Bonchev–Trinajstić information content (AvgIpc) is 2.61. The highest BCUT2D eigenvalue weighted by molar-refractivity contribution is 14.0. The van der Waals surface area contributed by atoms with Gasteiger partial charge in [-0.15, -0.1) is 24.0 Å². The van der Waals surface area contributed by atoms with Gasteiger partial charge in [0.1, 0.15) is 0 Å². The number of rotatable bonds is 4. The van der Waals surface area contributed by atoms with Crippen LogP contribution in [-0.2, 0) is 9.53 Å². The van der Waals surface area contributed by atoms with Crippen LogP contribution in [0.4, 0.5) is 0 Å². The van der Waals surface area contributed by atoms with Crippen LogP contribution < -0.4 is 0 Å². The molecule has 4 nitrogen and oxygen atoms in total. The molecule has 0 N–H and O–H groups in total. The number of ether oxygens (including phenoxy) is 1. The van der Waals surface area contributed by atoms with Crippen molar-refractivity contribution in [1.82, 2.24) is 9.80 Å². The molecular weight excluding hydrogens is 295 g/mol. The van der Waals surface area contributed by atoms with Crippen LogP contribution in [0.25, 0.3) is 0 Å². The molecule has 80 valence electrons. The molecule has 5 heteroatoms. The second-order valence-electron chi connectivity index (χ2n) is 2.73. The quantitative estimate of drug-likeness (QED) is 0.446. The number of carbonyl (C=O) groups is 1. The van der Waals surface area contributed by atoms with Crippen LogP contribution in [0.15, 0.2) is 25.1 Å². The monoisotopic (exact) mass is 310 g/mol. The number of hydrogen-bond donors (Lipinski definition) is 0. The summed E-state index contributed by atoms with van der Waals surface area (Å²) in [5, 5.41) is 0. The summed E-state index contributed by atoms with van der Waals surface area (Å²) in [4.78, 5) is 14.7. The summed E-state index contributed by atoms with van der Waals surface area (Å²) in [5.74, 6) is -0.386. The van der Waals surface area contributed by atoms with Gasteiger partial charge in [-0.1, -0.05) is 6.58 Å². The van der Waals surface area contributed by atoms with E-state index in [1.807, 2.05) is 17.3 Å². The Morgan fingerprint density at radius 1 is 1.57 bits per heavy atom. The molecular formula is C9H15IN2O2. The van der Waals surface area contributed by atoms with E-state index >= 15 is 0 Å². The lowest BCUT2D eigenvalue weighted by atomic mass is 10.6. The van der Waals surface area contributed by atoms with Gasteiger partial charge in [0.25, 0.3) is 0 Å². The summed E-state index contributed by atoms with van der Waals surface area (Å²) in [7, 11) is 0. The molecule has 0 saturated carbocycles. The van der Waals surface area contributed by atoms with E-state index in [1.165, 1.54) is 0 Å². The first-order chi connectivity index (χ1) is 6.26. The molecule has 1 aliphatic rings. The van der Waals surface area contributed by atoms with Crippen molar-refractivity contribution in [3.05, 3.63) is 25.1 Å². The summed E-state index contributed by atoms with van der Waals surface area (Å²) in [6.07, 6.45) is 5.04. The second kappa shape index (κ2) is 6.69. The van der Waals surface area contributed by atoms with Crippen molar-refractivity contribution in [2.45, 2.75) is 6.92 Å². The molecule has 1 heterocycles. The number of nitrogens with zero attached hydrogens (tertiary/aromatic N) is 2. The van der Waals surface area contributed by atoms with Gasteiger partial charge in [-0.05, 0) is 6.92 Å². The lowest BCUT2D eigenvalue weighted by Crippen LogP contribution is -2.27. The first kappa shape index (κ1) is 13.3. The van der Waals surface area contributed by atoms with Crippen LogP contribution in [-0.4, -0.2) is 35.7 Å². The summed E-state index contributed by atoms with van der Waals surface area (Å²) in [6, 6.07) is 0. The van der Waals surface area contributed by atoms with Gasteiger partial charge < -0.3 is 14.5 Å². The van der Waals surface area contributed by atoms with Crippen LogP contribution in [0.5, 0.6) is 0 Å². The zero-order valence-electron chi connectivity index (χ0n) is 8.18. The van der Waals surface area contributed by atoms with E-state index < -0.39 is 0 Å². The Bertz CT molecular complexity index is 231. The normalized spacial score (nSPS) is 13.8. The first-order valence-electron chi connectivity index (χ1n) is 4.22. The standard InChI is InChI=1S/C9H14N2O2.HI/c1-3-9(12)13-8-11-6-5-10(4-2)7-11;/h3,5-6H,1,4,7-8H2,2H3;1H. The lowest BCUT2D eigenvalue weighted by molar-refractivity contribution is -0.141. The molecule has 0 amide bonds. The maximum absolute atomic E-state index is 10.7. The van der Waals surface area contributed by atoms with Crippen molar-refractivity contribution in [3.63, 3.8) is 0 Å². The molecule has 14 heavy (non-hydrogen) atoms. The van der Waals surface area contributed by atoms with Gasteiger partial charge >= 0.3 is 5.97 Å². The van der Waals surface area contributed by atoms with Gasteiger partial charge in [0, 0.05) is 25.0 Å². The average molecular weight is 310 g/mol. The molecule has 0 radical (unpaired) electrons. The Morgan fingerprint density at radius 2 is 2.21 bits per heavy atom. The summed E-state index contributed by atoms with van der Waals surface area (Å²) in [6.45, 7) is 7.42. The SMILES string of the molecule is C=CC(=O)OCN1C=CN(CC)C1.I. The Kier molecular flexibility index (Phi) is 6.35. The molecule has 0 bridgehead atoms. The Labute approximate surface area is 101 Å². The Balaban J connectivity index is 0.00000169. The van der Waals surface area contributed by atoms with E-state index in [1.54, 1.807) is 0 Å². The fraction of sp³-hybridized carbons (Fsp3) is 0.444. The zero-order chi connectivity index (χ0) is 9.68. The second-order valence-corrected chi connectivity index (χ2v) is 2.73. The molecule has 0 aliphatic carbocycles. The maximum Gasteiger partial charge on any atom is 0.331 e. The minimum atomic E-state index is -0.386. The van der Waals surface area contributed by atoms with Crippen LogP contribution in [0.2, 0.25) is 0 Å². The number of esters is 1. The van der Waals surface area contributed by atoms with Crippen molar-refractivity contribution in [3.8, 4) is 0 Å². The highest BCUT2D eigenvalue weighted by Gasteiger charge is 2.10. The molecule has 0 spiro atoms. The number of carbonyl (C=O) groups excluding carboxylic acids is 1. The summed E-state index contributed by atoms with van der Waals surface area (Å²) >= 11 is 0. The van der Waals surface area contributed by atoms with Crippen molar-refractivity contribution in [2.24, 2.45) is 0 Å². The molecule has 0 atom stereocenters. The van der Waals surface area contributed by atoms with E-state index in [0.29, 0.717) is 0 Å². The number of halogens is 1. The molecule has 0 unspecified atom stereocenters. The fourth-order valence-electron chi connectivity index (χ4n) is 1.01. The van der Waals surface area contributed by atoms with Gasteiger partial charge in [-0.25, -0.2) is 4.79 Å². The van der Waals surface area contributed by atoms with Crippen molar-refractivity contribution >= 4 is 29.9 Å². The van der Waals surface area contributed by atoms with Gasteiger partial charge in [-0.3, -0.25) is 0 Å². The topological polar surface area (TPSA) is 32.8 Å². The third kappa shape index (κ3) is 3.99. The third-order valence-electron chi connectivity index (χ3n) is 1.80. The zero-order valence-corrected chi connectivity index (χ0v) is 10.5. The van der Waals surface area contributed by atoms with E-state index in [9.17, 15) is 4.79 Å². The van der Waals surface area contributed by atoms with E-state index in [-0.39, 0.29) is 36.7 Å². The summed E-state index contributed by atoms with van der Waals surface area (Å²) < 4.78 is 4.86. The van der Waals surface area contributed by atoms with Crippen LogP contribution in [0, 0.1) is 0 Å². The van der Waals surface area contributed by atoms with Crippen LogP contribution >= 0.6 is 24.0 Å². The Morgan fingerprint density at radius 3 is 2.71 bits per heavy atom. The number of hydrogen-bond acceptors (Lipinski definition) is 4. The predicted molar refractivity (Wildman–Crippen MR) is 64.8 cm³/mol. The third-order valence-corrected chi connectivity index (χ3v) is 1.80. The molecule has 0 aromatic rings. The van der Waals surface area contributed by atoms with Crippen molar-refractivity contribution in [2.75, 3.05) is 19.9 Å². The van der Waals surface area contributed by atoms with Crippen LogP contribution in [0.3, 0.4) is 0 Å². The minimum Gasteiger partial charge on any atom is -0.441 e. The van der Waals surface area contributed by atoms with Gasteiger partial charge in [0.2, 0.25) is 0 Å². The smallest absolute Gasteiger partial charge is 0.331 e. The molecule has 0 saturated heterocycles. The van der Waals surface area contributed by atoms with Crippen LogP contribution in [0.1, 0.15) is 6.92 Å². The minimum absolute atomic E-state index is 0. The van der Waals surface area contributed by atoms with E-state index in [0.717, 1.165) is 19.3 Å². The van der Waals surface area contributed by atoms with Gasteiger partial charge in [0.15, 0.2) is 6.73 Å². The molecule has 1 rings (SSSR count). The fourth-order valence-corrected chi connectivity index (χ4v) is 1.01. The van der Waals surface area contributed by atoms with E-state index in [2.05, 4.69) is 18.4 Å². The van der Waals surface area contributed by atoms with Crippen molar-refractivity contribution < 1.29 is 9.53 Å². The highest BCUT2D eigenvalue weighted by atomic mass is 127. The maximum atomic E-state index is 10.7. The first-order valence-corrected chi connectivity index (χ1v) is 4.22. The van der Waals surface area contributed by atoms with Gasteiger partial charge in [0.05, 0.1) is 6.67 Å². The predicted octanol–water partition coefficient (Wildman–Crippen LogP) is 1.36. The van der Waals surface area contributed by atoms with Crippen molar-refractivity contribution in [1.29, 1.82) is 0 Å². The molecule has 0 aromatic carbocycles. The molecule has 1 aliphatic heterocycles. The summed E-state index contributed by atoms with van der Waals surface area (Å²) in [5.41, 5.74) is 0. The highest BCUT2D eigenvalue weighted by Crippen LogP contribution is 2.05. The van der Waals surface area contributed by atoms with E-state index in [4.69, 9.17) is 4.74 Å². The largest absolute Gasteiger partial charge is 0.441 e. The lowest BCUT2D eigenvalue weighted by Gasteiger charge is -2.19. The molecule has 0 aromatic heterocycles. The molecule has 0 fully saturated rings.